The van der Waals surface area contributed by atoms with Crippen molar-refractivity contribution in [3.63, 3.8) is 0 Å². The largest absolute Gasteiger partial charge is 0.465 e. The molecule has 0 radical (unpaired) electrons. The fourth-order valence-electron chi connectivity index (χ4n) is 1.38. The van der Waals surface area contributed by atoms with E-state index in [2.05, 4.69) is 0 Å². The summed E-state index contributed by atoms with van der Waals surface area (Å²) in [7, 11) is 0. The van der Waals surface area contributed by atoms with Gasteiger partial charge in [0.2, 0.25) is 0 Å². The van der Waals surface area contributed by atoms with E-state index in [0.29, 0.717) is 11.5 Å². The van der Waals surface area contributed by atoms with Gasteiger partial charge in [-0.1, -0.05) is 6.07 Å². The molecule has 0 aliphatic rings. The van der Waals surface area contributed by atoms with Crippen LogP contribution in [0, 0.1) is 0 Å². The van der Waals surface area contributed by atoms with Gasteiger partial charge in [0.1, 0.15) is 6.54 Å². The van der Waals surface area contributed by atoms with Gasteiger partial charge in [0.25, 0.3) is 5.91 Å². The second-order valence-electron chi connectivity index (χ2n) is 3.81. The number of nitrogens with zero attached hydrogens (tertiary/aromatic N) is 1. The molecule has 94 valence electrons. The van der Waals surface area contributed by atoms with Crippen LogP contribution in [0.25, 0.3) is 0 Å². The summed E-state index contributed by atoms with van der Waals surface area (Å²) in [5, 5.41) is 1.84. The third kappa shape index (κ3) is 3.85. The highest BCUT2D eigenvalue weighted by Crippen LogP contribution is 2.14. The molecule has 1 heterocycles. The van der Waals surface area contributed by atoms with Gasteiger partial charge in [0.15, 0.2) is 0 Å². The molecular formula is C12H17NO3S. The minimum Gasteiger partial charge on any atom is -0.465 e. The predicted octanol–water partition coefficient (Wildman–Crippen LogP) is 2.16. The number of rotatable bonds is 5. The van der Waals surface area contributed by atoms with Crippen molar-refractivity contribution >= 4 is 23.2 Å². The molecule has 0 aromatic carbocycles. The number of esters is 1. The first-order chi connectivity index (χ1) is 8.06. The van der Waals surface area contributed by atoms with Crippen molar-refractivity contribution in [3.05, 3.63) is 22.4 Å². The number of hydrogen-bond acceptors (Lipinski definition) is 4. The van der Waals surface area contributed by atoms with Crippen LogP contribution in [0.1, 0.15) is 30.4 Å². The predicted molar refractivity (Wildman–Crippen MR) is 67.1 cm³/mol. The summed E-state index contributed by atoms with van der Waals surface area (Å²) >= 11 is 1.37. The van der Waals surface area contributed by atoms with E-state index in [1.165, 1.54) is 16.2 Å². The van der Waals surface area contributed by atoms with E-state index in [-0.39, 0.29) is 24.5 Å². The van der Waals surface area contributed by atoms with Crippen molar-refractivity contribution in [1.82, 2.24) is 4.90 Å². The molecule has 1 aromatic heterocycles. The van der Waals surface area contributed by atoms with E-state index in [1.807, 2.05) is 25.3 Å². The lowest BCUT2D eigenvalue weighted by Gasteiger charge is -2.25. The molecule has 0 aliphatic heterocycles. The maximum Gasteiger partial charge on any atom is 0.325 e. The molecular weight excluding hydrogens is 238 g/mol. The van der Waals surface area contributed by atoms with Gasteiger partial charge < -0.3 is 9.64 Å². The highest BCUT2D eigenvalue weighted by atomic mass is 32.1. The maximum atomic E-state index is 12.1. The minimum atomic E-state index is -0.369. The zero-order valence-corrected chi connectivity index (χ0v) is 11.1. The molecule has 0 saturated heterocycles. The van der Waals surface area contributed by atoms with Crippen LogP contribution in [0.15, 0.2) is 17.5 Å². The van der Waals surface area contributed by atoms with Crippen LogP contribution in [-0.2, 0) is 9.53 Å². The van der Waals surface area contributed by atoms with Gasteiger partial charge >= 0.3 is 5.97 Å². The van der Waals surface area contributed by atoms with E-state index < -0.39 is 0 Å². The highest BCUT2D eigenvalue weighted by Gasteiger charge is 2.22. The lowest BCUT2D eigenvalue weighted by molar-refractivity contribution is -0.144. The van der Waals surface area contributed by atoms with Gasteiger partial charge in [-0.05, 0) is 32.2 Å². The summed E-state index contributed by atoms with van der Waals surface area (Å²) in [6, 6.07) is 3.54. The Morgan fingerprint density at radius 1 is 1.47 bits per heavy atom. The molecule has 0 aliphatic carbocycles. The minimum absolute atomic E-state index is 0.00222. The third-order valence-electron chi connectivity index (χ3n) is 2.22. The van der Waals surface area contributed by atoms with Crippen molar-refractivity contribution in [1.29, 1.82) is 0 Å². The van der Waals surface area contributed by atoms with Crippen molar-refractivity contribution in [2.75, 3.05) is 13.2 Å². The van der Waals surface area contributed by atoms with Crippen LogP contribution in [0.3, 0.4) is 0 Å². The number of carbonyl (C=O) groups is 2. The Balaban J connectivity index is 2.73. The maximum absolute atomic E-state index is 12.1. The number of thiophene rings is 1. The standard InChI is InChI=1S/C12H17NO3S/c1-4-16-11(14)8-13(9(2)3)12(15)10-6-5-7-17-10/h5-7,9H,4,8H2,1-3H3. The molecule has 0 fully saturated rings. The molecule has 17 heavy (non-hydrogen) atoms. The Morgan fingerprint density at radius 3 is 2.65 bits per heavy atom. The van der Waals surface area contributed by atoms with E-state index in [1.54, 1.807) is 13.0 Å². The number of amides is 1. The Hall–Kier alpha value is -1.36. The topological polar surface area (TPSA) is 46.6 Å². The third-order valence-corrected chi connectivity index (χ3v) is 3.08. The lowest BCUT2D eigenvalue weighted by Crippen LogP contribution is -2.40. The van der Waals surface area contributed by atoms with Crippen LogP contribution >= 0.6 is 11.3 Å². The molecule has 0 spiro atoms. The molecule has 1 amide bonds. The lowest BCUT2D eigenvalue weighted by atomic mass is 10.3. The van der Waals surface area contributed by atoms with Crippen LogP contribution in [-0.4, -0.2) is 36.0 Å². The summed E-state index contributed by atoms with van der Waals surface area (Å²) in [6.45, 7) is 5.84. The fraction of sp³-hybridized carbons (Fsp3) is 0.500. The fourth-order valence-corrected chi connectivity index (χ4v) is 2.06. The zero-order chi connectivity index (χ0) is 12.8. The summed E-state index contributed by atoms with van der Waals surface area (Å²) in [6.07, 6.45) is 0. The molecule has 0 N–H and O–H groups in total. The van der Waals surface area contributed by atoms with Gasteiger partial charge in [-0.3, -0.25) is 9.59 Å². The Morgan fingerprint density at radius 2 is 2.18 bits per heavy atom. The van der Waals surface area contributed by atoms with Crippen molar-refractivity contribution < 1.29 is 14.3 Å². The first kappa shape index (κ1) is 13.7. The quantitative estimate of drug-likeness (QED) is 0.757. The Kier molecular flexibility index (Phi) is 5.15. The molecule has 0 saturated carbocycles. The smallest absolute Gasteiger partial charge is 0.325 e. The summed E-state index contributed by atoms with van der Waals surface area (Å²) in [4.78, 5) is 25.7. The molecule has 5 heteroatoms. The number of hydrogen-bond donors (Lipinski definition) is 0. The zero-order valence-electron chi connectivity index (χ0n) is 10.3. The molecule has 0 unspecified atom stereocenters. The van der Waals surface area contributed by atoms with Crippen LogP contribution in [0.4, 0.5) is 0 Å². The van der Waals surface area contributed by atoms with Crippen LogP contribution in [0.5, 0.6) is 0 Å². The number of carbonyl (C=O) groups excluding carboxylic acids is 2. The van der Waals surface area contributed by atoms with Gasteiger partial charge in [0.05, 0.1) is 11.5 Å². The summed E-state index contributed by atoms with van der Waals surface area (Å²) in [5.41, 5.74) is 0. The molecule has 1 rings (SSSR count). The second-order valence-corrected chi connectivity index (χ2v) is 4.76. The Bertz CT molecular complexity index is 373. The average molecular weight is 255 g/mol. The van der Waals surface area contributed by atoms with E-state index in [9.17, 15) is 9.59 Å². The SMILES string of the molecule is CCOC(=O)CN(C(=O)c1cccs1)C(C)C. The monoisotopic (exact) mass is 255 g/mol. The number of ether oxygens (including phenoxy) is 1. The Labute approximate surface area is 105 Å². The second kappa shape index (κ2) is 6.39. The van der Waals surface area contributed by atoms with Crippen molar-refractivity contribution in [3.8, 4) is 0 Å². The van der Waals surface area contributed by atoms with Crippen molar-refractivity contribution in [2.24, 2.45) is 0 Å². The van der Waals surface area contributed by atoms with E-state index in [0.717, 1.165) is 0 Å². The van der Waals surface area contributed by atoms with Crippen molar-refractivity contribution in [2.45, 2.75) is 26.8 Å². The molecule has 1 aromatic rings. The highest BCUT2D eigenvalue weighted by molar-refractivity contribution is 7.12. The molecule has 0 atom stereocenters. The van der Waals surface area contributed by atoms with Gasteiger partial charge in [-0.25, -0.2) is 0 Å². The van der Waals surface area contributed by atoms with Gasteiger partial charge in [-0.15, -0.1) is 11.3 Å². The van der Waals surface area contributed by atoms with E-state index in [4.69, 9.17) is 4.74 Å². The first-order valence-corrected chi connectivity index (χ1v) is 6.44. The summed E-state index contributed by atoms with van der Waals surface area (Å²) < 4.78 is 4.86. The van der Waals surface area contributed by atoms with Crippen LogP contribution in [0.2, 0.25) is 0 Å². The molecule has 4 nitrogen and oxygen atoms in total. The summed E-state index contributed by atoms with van der Waals surface area (Å²) in [5.74, 6) is -0.492. The van der Waals surface area contributed by atoms with Crippen LogP contribution < -0.4 is 0 Å². The van der Waals surface area contributed by atoms with Gasteiger partial charge in [0, 0.05) is 6.04 Å². The van der Waals surface area contributed by atoms with E-state index >= 15 is 0 Å². The average Bonchev–Trinajstić information content (AvgIpc) is 2.78. The first-order valence-electron chi connectivity index (χ1n) is 5.56. The molecule has 0 bridgehead atoms. The van der Waals surface area contributed by atoms with Gasteiger partial charge in [-0.2, -0.15) is 0 Å². The normalized spacial score (nSPS) is 10.4.